The first kappa shape index (κ1) is 13.7. The van der Waals surface area contributed by atoms with Gasteiger partial charge in [0.2, 0.25) is 5.95 Å². The minimum atomic E-state index is 0.220. The number of benzene rings is 2. The fourth-order valence-corrected chi connectivity index (χ4v) is 2.61. The summed E-state index contributed by atoms with van der Waals surface area (Å²) < 4.78 is 1.78. The quantitative estimate of drug-likeness (QED) is 0.611. The summed E-state index contributed by atoms with van der Waals surface area (Å²) in [6, 6.07) is 17.3. The third-order valence-electron chi connectivity index (χ3n) is 3.56. The molecule has 112 valence electrons. The number of aromatic nitrogens is 4. The molecule has 4 rings (SSSR count). The molecule has 4 aromatic rings. The molecule has 2 heterocycles. The smallest absolute Gasteiger partial charge is 0.222 e. The lowest BCUT2D eigenvalue weighted by atomic mass is 10.1. The minimum Gasteiger partial charge on any atom is -0.368 e. The zero-order chi connectivity index (χ0) is 15.8. The van der Waals surface area contributed by atoms with E-state index in [1.54, 1.807) is 10.9 Å². The third-order valence-corrected chi connectivity index (χ3v) is 3.81. The van der Waals surface area contributed by atoms with E-state index in [0.717, 1.165) is 22.3 Å². The van der Waals surface area contributed by atoms with Crippen LogP contribution in [0.4, 0.5) is 5.95 Å². The summed E-state index contributed by atoms with van der Waals surface area (Å²) in [5, 5.41) is 6.24. The van der Waals surface area contributed by atoms with Gasteiger partial charge in [0.05, 0.1) is 11.1 Å². The van der Waals surface area contributed by atoms with Crippen LogP contribution in [-0.4, -0.2) is 19.7 Å². The molecule has 6 heteroatoms. The summed E-state index contributed by atoms with van der Waals surface area (Å²) in [5.74, 6) is 0.220. The third kappa shape index (κ3) is 2.41. The molecule has 0 fully saturated rings. The fraction of sp³-hybridized carbons (Fsp3) is 0. The number of para-hydroxylation sites is 1. The summed E-state index contributed by atoms with van der Waals surface area (Å²) >= 11 is 5.97. The van der Waals surface area contributed by atoms with Crippen molar-refractivity contribution in [1.82, 2.24) is 19.7 Å². The number of halogens is 1. The standard InChI is InChI=1S/C17H12ClN5/c18-12-8-6-11(7-9-12)15-14-10-20-17(19)21-16(14)23(22-15)13-4-2-1-3-5-13/h1-10H,(H2,19,20,21). The Labute approximate surface area is 137 Å². The van der Waals surface area contributed by atoms with Crippen LogP contribution in [0.25, 0.3) is 28.0 Å². The van der Waals surface area contributed by atoms with Gasteiger partial charge in [-0.25, -0.2) is 9.67 Å². The lowest BCUT2D eigenvalue weighted by Crippen LogP contribution is -2.00. The Kier molecular flexibility index (Phi) is 3.20. The van der Waals surface area contributed by atoms with Crippen molar-refractivity contribution in [3.8, 4) is 16.9 Å². The number of nitrogen functional groups attached to an aromatic ring is 1. The van der Waals surface area contributed by atoms with Gasteiger partial charge in [0.1, 0.15) is 5.69 Å². The largest absolute Gasteiger partial charge is 0.368 e. The number of hydrogen-bond acceptors (Lipinski definition) is 4. The average molecular weight is 322 g/mol. The van der Waals surface area contributed by atoms with Crippen LogP contribution in [-0.2, 0) is 0 Å². The van der Waals surface area contributed by atoms with Crippen molar-refractivity contribution in [1.29, 1.82) is 0 Å². The Balaban J connectivity index is 2.01. The van der Waals surface area contributed by atoms with Gasteiger partial charge in [-0.2, -0.15) is 10.1 Å². The van der Waals surface area contributed by atoms with Crippen LogP contribution >= 0.6 is 11.6 Å². The fourth-order valence-electron chi connectivity index (χ4n) is 2.49. The predicted octanol–water partition coefficient (Wildman–Crippen LogP) is 3.72. The predicted molar refractivity (Wildman–Crippen MR) is 91.5 cm³/mol. The van der Waals surface area contributed by atoms with Gasteiger partial charge in [-0.05, 0) is 24.3 Å². The van der Waals surface area contributed by atoms with E-state index in [9.17, 15) is 0 Å². The SMILES string of the molecule is Nc1ncc2c(-c3ccc(Cl)cc3)nn(-c3ccccc3)c2n1. The van der Waals surface area contributed by atoms with E-state index < -0.39 is 0 Å². The van der Waals surface area contributed by atoms with E-state index in [-0.39, 0.29) is 5.95 Å². The highest BCUT2D eigenvalue weighted by Crippen LogP contribution is 2.29. The number of nitrogens with zero attached hydrogens (tertiary/aromatic N) is 4. The van der Waals surface area contributed by atoms with E-state index in [4.69, 9.17) is 22.4 Å². The highest BCUT2D eigenvalue weighted by Gasteiger charge is 2.15. The summed E-state index contributed by atoms with van der Waals surface area (Å²) in [7, 11) is 0. The topological polar surface area (TPSA) is 69.6 Å². The summed E-state index contributed by atoms with van der Waals surface area (Å²) in [4.78, 5) is 8.46. The Morgan fingerprint density at radius 3 is 2.43 bits per heavy atom. The van der Waals surface area contributed by atoms with Crippen LogP contribution in [0.1, 0.15) is 0 Å². The molecule has 2 aromatic heterocycles. The van der Waals surface area contributed by atoms with E-state index in [0.29, 0.717) is 10.7 Å². The Morgan fingerprint density at radius 2 is 1.70 bits per heavy atom. The second-order valence-electron chi connectivity index (χ2n) is 5.07. The lowest BCUT2D eigenvalue weighted by Gasteiger charge is -2.01. The highest BCUT2D eigenvalue weighted by molar-refractivity contribution is 6.30. The molecule has 0 amide bonds. The van der Waals surface area contributed by atoms with Crippen LogP contribution in [0.2, 0.25) is 5.02 Å². The maximum absolute atomic E-state index is 5.97. The van der Waals surface area contributed by atoms with E-state index in [2.05, 4.69) is 9.97 Å². The Hall–Kier alpha value is -2.92. The van der Waals surface area contributed by atoms with Crippen LogP contribution < -0.4 is 5.73 Å². The minimum absolute atomic E-state index is 0.220. The van der Waals surface area contributed by atoms with Gasteiger partial charge < -0.3 is 5.73 Å². The van der Waals surface area contributed by atoms with Gasteiger partial charge in [0.25, 0.3) is 0 Å². The molecule has 5 nitrogen and oxygen atoms in total. The molecule has 0 spiro atoms. The van der Waals surface area contributed by atoms with Crippen LogP contribution in [0.3, 0.4) is 0 Å². The molecule has 2 aromatic carbocycles. The highest BCUT2D eigenvalue weighted by atomic mass is 35.5. The summed E-state index contributed by atoms with van der Waals surface area (Å²) in [6.45, 7) is 0. The lowest BCUT2D eigenvalue weighted by molar-refractivity contribution is 0.900. The zero-order valence-electron chi connectivity index (χ0n) is 12.0. The number of nitrogens with two attached hydrogens (primary N) is 1. The normalized spacial score (nSPS) is 11.0. The summed E-state index contributed by atoms with van der Waals surface area (Å²) in [6.07, 6.45) is 1.70. The molecule has 0 bridgehead atoms. The molecule has 0 aliphatic heterocycles. The second-order valence-corrected chi connectivity index (χ2v) is 5.50. The monoisotopic (exact) mass is 321 g/mol. The maximum Gasteiger partial charge on any atom is 0.222 e. The van der Waals surface area contributed by atoms with E-state index in [1.165, 1.54) is 0 Å². The van der Waals surface area contributed by atoms with E-state index in [1.807, 2.05) is 54.6 Å². The van der Waals surface area contributed by atoms with Crippen LogP contribution in [0.15, 0.2) is 60.8 Å². The van der Waals surface area contributed by atoms with Crippen LogP contribution in [0, 0.1) is 0 Å². The molecule has 2 N–H and O–H groups in total. The zero-order valence-corrected chi connectivity index (χ0v) is 12.8. The molecule has 23 heavy (non-hydrogen) atoms. The maximum atomic E-state index is 5.97. The molecule has 0 aliphatic carbocycles. The van der Waals surface area contributed by atoms with Gasteiger partial charge in [0.15, 0.2) is 5.65 Å². The molecular formula is C17H12ClN5. The van der Waals surface area contributed by atoms with Crippen molar-refractivity contribution in [3.05, 3.63) is 65.8 Å². The number of anilines is 1. The second kappa shape index (κ2) is 5.37. The molecule has 0 radical (unpaired) electrons. The van der Waals surface area contributed by atoms with Gasteiger partial charge in [0, 0.05) is 16.8 Å². The van der Waals surface area contributed by atoms with Crippen molar-refractivity contribution in [2.24, 2.45) is 0 Å². The van der Waals surface area contributed by atoms with Crippen molar-refractivity contribution in [3.63, 3.8) is 0 Å². The van der Waals surface area contributed by atoms with Gasteiger partial charge >= 0.3 is 0 Å². The first-order chi connectivity index (χ1) is 11.2. The number of hydrogen-bond donors (Lipinski definition) is 1. The van der Waals surface area contributed by atoms with E-state index >= 15 is 0 Å². The van der Waals surface area contributed by atoms with Crippen molar-refractivity contribution in [2.75, 3.05) is 5.73 Å². The average Bonchev–Trinajstić information content (AvgIpc) is 2.95. The van der Waals surface area contributed by atoms with Crippen molar-refractivity contribution >= 4 is 28.6 Å². The molecule has 0 saturated carbocycles. The molecule has 0 aliphatic rings. The van der Waals surface area contributed by atoms with Gasteiger partial charge in [-0.15, -0.1) is 0 Å². The molecule has 0 unspecified atom stereocenters. The van der Waals surface area contributed by atoms with Crippen LogP contribution in [0.5, 0.6) is 0 Å². The number of fused-ring (bicyclic) bond motifs is 1. The van der Waals surface area contributed by atoms with Crippen molar-refractivity contribution < 1.29 is 0 Å². The number of rotatable bonds is 2. The first-order valence-electron chi connectivity index (χ1n) is 7.05. The Bertz CT molecular complexity index is 977. The van der Waals surface area contributed by atoms with Crippen molar-refractivity contribution in [2.45, 2.75) is 0 Å². The Morgan fingerprint density at radius 1 is 0.957 bits per heavy atom. The molecular weight excluding hydrogens is 310 g/mol. The van der Waals surface area contributed by atoms with Gasteiger partial charge in [-0.1, -0.05) is 41.9 Å². The summed E-state index contributed by atoms with van der Waals surface area (Å²) in [5.41, 5.74) is 9.08. The first-order valence-corrected chi connectivity index (χ1v) is 7.43. The molecule has 0 atom stereocenters. The molecule has 0 saturated heterocycles. The van der Waals surface area contributed by atoms with Gasteiger partial charge in [-0.3, -0.25) is 0 Å².